The summed E-state index contributed by atoms with van der Waals surface area (Å²) >= 11 is 0. The fourth-order valence-corrected chi connectivity index (χ4v) is 1.40. The third-order valence-corrected chi connectivity index (χ3v) is 2.04. The second kappa shape index (κ2) is 3.39. The molecule has 1 aliphatic carbocycles. The molecular formula is C10H12N2. The van der Waals surface area contributed by atoms with Crippen LogP contribution in [0.3, 0.4) is 0 Å². The Hall–Kier alpha value is -1.31. The van der Waals surface area contributed by atoms with Gasteiger partial charge < -0.3 is 4.57 Å². The van der Waals surface area contributed by atoms with E-state index in [0.717, 1.165) is 6.54 Å². The lowest BCUT2D eigenvalue weighted by atomic mass is 10.1. The lowest BCUT2D eigenvalue weighted by Gasteiger charge is -2.08. The predicted molar refractivity (Wildman–Crippen MR) is 48.7 cm³/mol. The smallest absolute Gasteiger partial charge is 0.0948 e. The van der Waals surface area contributed by atoms with Gasteiger partial charge in [-0.15, -0.1) is 0 Å². The molecule has 0 saturated carbocycles. The van der Waals surface area contributed by atoms with Crippen molar-refractivity contribution in [1.29, 1.82) is 0 Å². The zero-order chi connectivity index (χ0) is 8.23. The van der Waals surface area contributed by atoms with E-state index in [0.29, 0.717) is 0 Å². The third kappa shape index (κ3) is 1.64. The SMILES string of the molecule is C1=CCCC(Cn2ccnc2)=C1. The number of allylic oxidation sites excluding steroid dienone is 4. The van der Waals surface area contributed by atoms with Gasteiger partial charge in [-0.2, -0.15) is 0 Å². The lowest BCUT2D eigenvalue weighted by molar-refractivity contribution is 0.737. The van der Waals surface area contributed by atoms with Crippen molar-refractivity contribution >= 4 is 0 Å². The topological polar surface area (TPSA) is 17.8 Å². The molecule has 2 nitrogen and oxygen atoms in total. The molecule has 0 unspecified atom stereocenters. The van der Waals surface area contributed by atoms with Crippen molar-refractivity contribution in [2.75, 3.05) is 0 Å². The minimum Gasteiger partial charge on any atom is -0.333 e. The van der Waals surface area contributed by atoms with Crippen molar-refractivity contribution < 1.29 is 0 Å². The highest BCUT2D eigenvalue weighted by molar-refractivity contribution is 5.17. The summed E-state index contributed by atoms with van der Waals surface area (Å²) in [5, 5.41) is 0. The van der Waals surface area contributed by atoms with Gasteiger partial charge in [0, 0.05) is 18.9 Å². The van der Waals surface area contributed by atoms with Gasteiger partial charge in [0.2, 0.25) is 0 Å². The van der Waals surface area contributed by atoms with E-state index in [1.807, 2.05) is 18.7 Å². The molecule has 1 aromatic heterocycles. The quantitative estimate of drug-likeness (QED) is 0.648. The van der Waals surface area contributed by atoms with Crippen LogP contribution in [0.25, 0.3) is 0 Å². The van der Waals surface area contributed by atoms with Crippen LogP contribution in [0, 0.1) is 0 Å². The fraction of sp³-hybridized carbons (Fsp3) is 0.300. The van der Waals surface area contributed by atoms with Crippen LogP contribution in [0.1, 0.15) is 12.8 Å². The van der Waals surface area contributed by atoms with E-state index in [2.05, 4.69) is 27.8 Å². The summed E-state index contributed by atoms with van der Waals surface area (Å²) in [7, 11) is 0. The van der Waals surface area contributed by atoms with Crippen LogP contribution in [0.4, 0.5) is 0 Å². The van der Waals surface area contributed by atoms with Crippen molar-refractivity contribution in [2.24, 2.45) is 0 Å². The molecule has 1 aromatic rings. The molecule has 0 fully saturated rings. The molecule has 0 aliphatic heterocycles. The zero-order valence-corrected chi connectivity index (χ0v) is 6.98. The second-order valence-electron chi connectivity index (χ2n) is 3.03. The normalized spacial score (nSPS) is 16.2. The number of aromatic nitrogens is 2. The standard InChI is InChI=1S/C10H12N2/c1-2-4-10(5-3-1)8-12-7-6-11-9-12/h1-2,4,6-7,9H,3,5,8H2. The van der Waals surface area contributed by atoms with Gasteiger partial charge in [0.15, 0.2) is 0 Å². The first kappa shape index (κ1) is 7.35. The first-order valence-corrected chi connectivity index (χ1v) is 4.25. The summed E-state index contributed by atoms with van der Waals surface area (Å²) < 4.78 is 2.10. The second-order valence-corrected chi connectivity index (χ2v) is 3.03. The average molecular weight is 160 g/mol. The molecule has 2 rings (SSSR count). The van der Waals surface area contributed by atoms with Crippen LogP contribution in [0.5, 0.6) is 0 Å². The molecule has 0 aromatic carbocycles. The maximum atomic E-state index is 4.01. The van der Waals surface area contributed by atoms with E-state index in [9.17, 15) is 0 Å². The maximum Gasteiger partial charge on any atom is 0.0948 e. The maximum absolute atomic E-state index is 4.01. The molecule has 0 radical (unpaired) electrons. The Balaban J connectivity index is 2.03. The van der Waals surface area contributed by atoms with E-state index >= 15 is 0 Å². The van der Waals surface area contributed by atoms with E-state index in [1.54, 1.807) is 0 Å². The minimum absolute atomic E-state index is 0.990. The summed E-state index contributed by atoms with van der Waals surface area (Å²) in [5.74, 6) is 0. The highest BCUT2D eigenvalue weighted by Crippen LogP contribution is 2.13. The van der Waals surface area contributed by atoms with Gasteiger partial charge in [0.25, 0.3) is 0 Å². The number of nitrogens with zero attached hydrogens (tertiary/aromatic N) is 2. The molecule has 12 heavy (non-hydrogen) atoms. The van der Waals surface area contributed by atoms with Crippen LogP contribution in [0.15, 0.2) is 42.5 Å². The summed E-state index contributed by atoms with van der Waals surface area (Å²) in [6.07, 6.45) is 14.6. The van der Waals surface area contributed by atoms with Crippen LogP contribution >= 0.6 is 0 Å². The molecular weight excluding hydrogens is 148 g/mol. The van der Waals surface area contributed by atoms with Crippen molar-refractivity contribution in [2.45, 2.75) is 19.4 Å². The predicted octanol–water partition coefficient (Wildman–Crippen LogP) is 2.16. The van der Waals surface area contributed by atoms with Crippen LogP contribution in [-0.2, 0) is 6.54 Å². The van der Waals surface area contributed by atoms with Crippen molar-refractivity contribution in [3.05, 3.63) is 42.5 Å². The lowest BCUT2D eigenvalue weighted by Crippen LogP contribution is -1.99. The summed E-state index contributed by atoms with van der Waals surface area (Å²) in [5.41, 5.74) is 1.48. The van der Waals surface area contributed by atoms with Crippen LogP contribution in [-0.4, -0.2) is 9.55 Å². The molecule has 0 N–H and O–H groups in total. The third-order valence-electron chi connectivity index (χ3n) is 2.04. The number of imidazole rings is 1. The first-order valence-electron chi connectivity index (χ1n) is 4.25. The Labute approximate surface area is 72.2 Å². The van der Waals surface area contributed by atoms with Gasteiger partial charge in [0.05, 0.1) is 6.33 Å². The fourth-order valence-electron chi connectivity index (χ4n) is 1.40. The van der Waals surface area contributed by atoms with E-state index in [1.165, 1.54) is 18.4 Å². The minimum atomic E-state index is 0.990. The Morgan fingerprint density at radius 2 is 2.50 bits per heavy atom. The van der Waals surface area contributed by atoms with Gasteiger partial charge in [-0.25, -0.2) is 4.98 Å². The molecule has 0 saturated heterocycles. The molecule has 1 aliphatic rings. The van der Waals surface area contributed by atoms with Crippen molar-refractivity contribution in [3.63, 3.8) is 0 Å². The Kier molecular flexibility index (Phi) is 2.08. The van der Waals surface area contributed by atoms with Gasteiger partial charge in [-0.05, 0) is 12.8 Å². The summed E-state index contributed by atoms with van der Waals surface area (Å²) in [4.78, 5) is 4.01. The van der Waals surface area contributed by atoms with Gasteiger partial charge in [0.1, 0.15) is 0 Å². The summed E-state index contributed by atoms with van der Waals surface area (Å²) in [6.45, 7) is 0.990. The number of hydrogen-bond donors (Lipinski definition) is 0. The van der Waals surface area contributed by atoms with Crippen LogP contribution in [0.2, 0.25) is 0 Å². The van der Waals surface area contributed by atoms with Crippen molar-refractivity contribution in [3.8, 4) is 0 Å². The number of hydrogen-bond acceptors (Lipinski definition) is 1. The Bertz CT molecular complexity index is 294. The van der Waals surface area contributed by atoms with Crippen LogP contribution < -0.4 is 0 Å². The van der Waals surface area contributed by atoms with Gasteiger partial charge >= 0.3 is 0 Å². The van der Waals surface area contributed by atoms with Crippen molar-refractivity contribution in [1.82, 2.24) is 9.55 Å². The Morgan fingerprint density at radius 3 is 3.17 bits per heavy atom. The molecule has 0 bridgehead atoms. The van der Waals surface area contributed by atoms with E-state index in [-0.39, 0.29) is 0 Å². The Morgan fingerprint density at radius 1 is 1.50 bits per heavy atom. The molecule has 62 valence electrons. The summed E-state index contributed by atoms with van der Waals surface area (Å²) in [6, 6.07) is 0. The highest BCUT2D eigenvalue weighted by Gasteiger charge is 1.99. The average Bonchev–Trinajstić information content (AvgIpc) is 2.59. The molecule has 0 amide bonds. The molecule has 1 heterocycles. The van der Waals surface area contributed by atoms with Gasteiger partial charge in [-0.3, -0.25) is 0 Å². The first-order chi connectivity index (χ1) is 5.95. The van der Waals surface area contributed by atoms with E-state index < -0.39 is 0 Å². The molecule has 2 heteroatoms. The monoisotopic (exact) mass is 160 g/mol. The zero-order valence-electron chi connectivity index (χ0n) is 6.98. The van der Waals surface area contributed by atoms with Gasteiger partial charge in [-0.1, -0.05) is 23.8 Å². The van der Waals surface area contributed by atoms with E-state index in [4.69, 9.17) is 0 Å². The number of rotatable bonds is 2. The highest BCUT2D eigenvalue weighted by atomic mass is 15.0. The molecule has 0 spiro atoms. The molecule has 0 atom stereocenters. The largest absolute Gasteiger partial charge is 0.333 e.